The van der Waals surface area contributed by atoms with E-state index >= 15 is 0 Å². The SMILES string of the molecule is Cc1cccc(-c2nc(C(=O)O)c3cccc(Br)n23)c1. The minimum absolute atomic E-state index is 0.0582. The van der Waals surface area contributed by atoms with Gasteiger partial charge in [0.2, 0.25) is 0 Å². The first kappa shape index (κ1) is 12.9. The molecule has 5 heteroatoms. The Hall–Kier alpha value is -2.14. The molecule has 0 amide bonds. The first-order valence-corrected chi connectivity index (χ1v) is 6.84. The predicted molar refractivity (Wildman–Crippen MR) is 80.0 cm³/mol. The summed E-state index contributed by atoms with van der Waals surface area (Å²) in [5, 5.41) is 9.30. The van der Waals surface area contributed by atoms with Crippen molar-refractivity contribution in [1.82, 2.24) is 9.38 Å². The van der Waals surface area contributed by atoms with Gasteiger partial charge in [-0.25, -0.2) is 9.78 Å². The normalized spacial score (nSPS) is 10.9. The molecule has 0 bridgehead atoms. The predicted octanol–water partition coefficient (Wildman–Crippen LogP) is 3.77. The number of fused-ring (bicyclic) bond motifs is 1. The molecule has 0 aliphatic rings. The molecule has 0 aliphatic carbocycles. The van der Waals surface area contributed by atoms with Gasteiger partial charge in [0.1, 0.15) is 5.82 Å². The average molecular weight is 331 g/mol. The van der Waals surface area contributed by atoms with Crippen LogP contribution in [0, 0.1) is 6.92 Å². The van der Waals surface area contributed by atoms with Crippen molar-refractivity contribution in [3.8, 4) is 11.4 Å². The van der Waals surface area contributed by atoms with Gasteiger partial charge in [0.15, 0.2) is 5.69 Å². The second kappa shape index (κ2) is 4.76. The highest BCUT2D eigenvalue weighted by Crippen LogP contribution is 2.27. The van der Waals surface area contributed by atoms with Crippen LogP contribution in [0.1, 0.15) is 16.1 Å². The van der Waals surface area contributed by atoms with E-state index in [0.29, 0.717) is 11.3 Å². The standard InChI is InChI=1S/C15H11BrN2O2/c1-9-4-2-5-10(8-9)14-17-13(15(19)20)11-6-3-7-12(16)18(11)14/h2-8H,1H3,(H,19,20). The number of carboxylic acid groups (broad SMARTS) is 1. The number of aromatic nitrogens is 2. The molecule has 1 aromatic carbocycles. The van der Waals surface area contributed by atoms with Crippen LogP contribution in [-0.2, 0) is 0 Å². The Balaban J connectivity index is 2.39. The molecule has 0 fully saturated rings. The molecule has 0 saturated carbocycles. The van der Waals surface area contributed by atoms with Crippen LogP contribution in [-0.4, -0.2) is 20.5 Å². The molecule has 0 aliphatic heterocycles. The highest BCUT2D eigenvalue weighted by molar-refractivity contribution is 9.10. The van der Waals surface area contributed by atoms with E-state index in [2.05, 4.69) is 20.9 Å². The summed E-state index contributed by atoms with van der Waals surface area (Å²) in [5.74, 6) is -0.409. The third-order valence-corrected chi connectivity index (χ3v) is 3.71. The molecule has 3 aromatic rings. The fourth-order valence-electron chi connectivity index (χ4n) is 2.23. The molecule has 2 heterocycles. The zero-order chi connectivity index (χ0) is 14.3. The Labute approximate surface area is 123 Å². The second-order valence-corrected chi connectivity index (χ2v) is 5.34. The summed E-state index contributed by atoms with van der Waals surface area (Å²) in [6.07, 6.45) is 0. The smallest absolute Gasteiger partial charge is 0.356 e. The van der Waals surface area contributed by atoms with Crippen molar-refractivity contribution < 1.29 is 9.90 Å². The number of nitrogens with zero attached hydrogens (tertiary/aromatic N) is 2. The minimum Gasteiger partial charge on any atom is -0.476 e. The maximum Gasteiger partial charge on any atom is 0.356 e. The fourth-order valence-corrected chi connectivity index (χ4v) is 2.74. The Morgan fingerprint density at radius 3 is 2.70 bits per heavy atom. The molecule has 20 heavy (non-hydrogen) atoms. The van der Waals surface area contributed by atoms with Gasteiger partial charge in [-0.3, -0.25) is 4.40 Å². The van der Waals surface area contributed by atoms with Crippen LogP contribution in [0.3, 0.4) is 0 Å². The summed E-state index contributed by atoms with van der Waals surface area (Å²) in [6, 6.07) is 13.2. The van der Waals surface area contributed by atoms with E-state index in [0.717, 1.165) is 15.7 Å². The van der Waals surface area contributed by atoms with E-state index in [-0.39, 0.29) is 5.69 Å². The monoisotopic (exact) mass is 330 g/mol. The third kappa shape index (κ3) is 2.00. The summed E-state index contributed by atoms with van der Waals surface area (Å²) < 4.78 is 2.57. The Morgan fingerprint density at radius 1 is 1.25 bits per heavy atom. The lowest BCUT2D eigenvalue weighted by Crippen LogP contribution is -1.97. The zero-order valence-electron chi connectivity index (χ0n) is 10.7. The summed E-state index contributed by atoms with van der Waals surface area (Å²) in [4.78, 5) is 15.6. The van der Waals surface area contributed by atoms with Crippen LogP contribution in [0.4, 0.5) is 0 Å². The van der Waals surface area contributed by atoms with Gasteiger partial charge in [0.05, 0.1) is 10.1 Å². The molecule has 3 rings (SSSR count). The number of benzene rings is 1. The molecular weight excluding hydrogens is 320 g/mol. The van der Waals surface area contributed by atoms with Gasteiger partial charge < -0.3 is 5.11 Å². The van der Waals surface area contributed by atoms with E-state index in [1.807, 2.05) is 37.3 Å². The van der Waals surface area contributed by atoms with E-state index in [1.165, 1.54) is 0 Å². The Morgan fingerprint density at radius 2 is 2.00 bits per heavy atom. The molecular formula is C15H11BrN2O2. The van der Waals surface area contributed by atoms with Crippen LogP contribution in [0.5, 0.6) is 0 Å². The molecule has 100 valence electrons. The maximum absolute atomic E-state index is 11.3. The lowest BCUT2D eigenvalue weighted by Gasteiger charge is -2.04. The quantitative estimate of drug-likeness (QED) is 0.727. The third-order valence-electron chi connectivity index (χ3n) is 3.09. The lowest BCUT2D eigenvalue weighted by molar-refractivity contribution is 0.0693. The molecule has 4 nitrogen and oxygen atoms in total. The van der Waals surface area contributed by atoms with Gasteiger partial charge in [0, 0.05) is 5.56 Å². The Kier molecular flexibility index (Phi) is 3.06. The second-order valence-electron chi connectivity index (χ2n) is 4.53. The topological polar surface area (TPSA) is 54.6 Å². The number of halogens is 1. The van der Waals surface area contributed by atoms with Crippen molar-refractivity contribution in [2.75, 3.05) is 0 Å². The van der Waals surface area contributed by atoms with E-state index in [9.17, 15) is 9.90 Å². The summed E-state index contributed by atoms with van der Waals surface area (Å²) in [6.45, 7) is 1.99. The number of hydrogen-bond acceptors (Lipinski definition) is 2. The van der Waals surface area contributed by atoms with Crippen LogP contribution >= 0.6 is 15.9 Å². The number of aryl methyl sites for hydroxylation is 1. The highest BCUT2D eigenvalue weighted by Gasteiger charge is 2.18. The van der Waals surface area contributed by atoms with Crippen molar-refractivity contribution in [2.45, 2.75) is 6.92 Å². The van der Waals surface area contributed by atoms with Crippen molar-refractivity contribution >= 4 is 27.4 Å². The number of hydrogen-bond donors (Lipinski definition) is 1. The molecule has 2 aromatic heterocycles. The molecule has 0 unspecified atom stereocenters. The van der Waals surface area contributed by atoms with Gasteiger partial charge >= 0.3 is 5.97 Å². The van der Waals surface area contributed by atoms with Crippen molar-refractivity contribution in [3.63, 3.8) is 0 Å². The maximum atomic E-state index is 11.3. The molecule has 0 atom stereocenters. The number of carboxylic acids is 1. The first-order chi connectivity index (χ1) is 9.58. The number of pyridine rings is 1. The van der Waals surface area contributed by atoms with Gasteiger partial charge in [0.25, 0.3) is 0 Å². The van der Waals surface area contributed by atoms with Crippen LogP contribution in [0.2, 0.25) is 0 Å². The number of rotatable bonds is 2. The number of aromatic carboxylic acids is 1. The van der Waals surface area contributed by atoms with Crippen molar-refractivity contribution in [1.29, 1.82) is 0 Å². The summed E-state index contributed by atoms with van der Waals surface area (Å²) in [5.41, 5.74) is 2.62. The molecule has 0 saturated heterocycles. The Bertz CT molecular complexity index is 824. The van der Waals surface area contributed by atoms with E-state index in [4.69, 9.17) is 0 Å². The van der Waals surface area contributed by atoms with Crippen LogP contribution in [0.25, 0.3) is 16.9 Å². The largest absolute Gasteiger partial charge is 0.476 e. The first-order valence-electron chi connectivity index (χ1n) is 6.05. The van der Waals surface area contributed by atoms with Crippen molar-refractivity contribution in [2.24, 2.45) is 0 Å². The van der Waals surface area contributed by atoms with Gasteiger partial charge in [-0.15, -0.1) is 0 Å². The molecule has 0 spiro atoms. The van der Waals surface area contributed by atoms with E-state index in [1.54, 1.807) is 16.5 Å². The number of carbonyl (C=O) groups is 1. The van der Waals surface area contributed by atoms with Crippen LogP contribution < -0.4 is 0 Å². The van der Waals surface area contributed by atoms with Crippen molar-refractivity contribution in [3.05, 3.63) is 58.3 Å². The van der Waals surface area contributed by atoms with E-state index < -0.39 is 5.97 Å². The average Bonchev–Trinajstić information content (AvgIpc) is 2.80. The fraction of sp³-hybridized carbons (Fsp3) is 0.0667. The molecule has 1 N–H and O–H groups in total. The lowest BCUT2D eigenvalue weighted by atomic mass is 10.1. The highest BCUT2D eigenvalue weighted by atomic mass is 79.9. The number of imidazole rings is 1. The summed E-state index contributed by atoms with van der Waals surface area (Å²) in [7, 11) is 0. The minimum atomic E-state index is -1.03. The van der Waals surface area contributed by atoms with Gasteiger partial charge in [-0.05, 0) is 41.1 Å². The van der Waals surface area contributed by atoms with Crippen LogP contribution in [0.15, 0.2) is 47.1 Å². The van der Waals surface area contributed by atoms with Gasteiger partial charge in [-0.2, -0.15) is 0 Å². The molecule has 0 radical (unpaired) electrons. The van der Waals surface area contributed by atoms with Gasteiger partial charge in [-0.1, -0.05) is 29.8 Å². The zero-order valence-corrected chi connectivity index (χ0v) is 12.3. The summed E-state index contributed by atoms with van der Waals surface area (Å²) >= 11 is 3.46.